The average Bonchev–Trinajstić information content (AvgIpc) is 3.54. The maximum Gasteiger partial charge on any atom is 0.163 e. The number of unbranched alkanes of at least 4 members (excludes halogenated alkanes) is 2. The Bertz CT molecular complexity index is 1350. The number of nitrogens with two attached hydrogens (primary N) is 1. The van der Waals surface area contributed by atoms with Gasteiger partial charge >= 0.3 is 0 Å². The standard InChI is InChI=1S/C33H42N4O4/c1-2-3-4-7-25(38)17-26(39)11-9-22-10-12-31(40)32(15-22)41-21-37-19-29-24(18-36-30(29)20-37)16-23-6-5-8-28-27(23)13-14-35-33(28)34/h5-6,8,10,12,15,18,20,25,33,35,38,40H,2-4,7,9,11,13-14,16-17,19,21,34H2,1H3. The van der Waals surface area contributed by atoms with Crippen LogP contribution in [0.25, 0.3) is 0 Å². The van der Waals surface area contributed by atoms with Crippen molar-refractivity contribution in [2.24, 2.45) is 10.7 Å². The van der Waals surface area contributed by atoms with Crippen molar-refractivity contribution in [1.82, 2.24) is 10.2 Å². The molecule has 0 aromatic heterocycles. The number of hydrogen-bond donors (Lipinski definition) is 4. The van der Waals surface area contributed by atoms with Crippen molar-refractivity contribution in [1.29, 1.82) is 0 Å². The van der Waals surface area contributed by atoms with Crippen molar-refractivity contribution < 1.29 is 19.7 Å². The summed E-state index contributed by atoms with van der Waals surface area (Å²) in [6.07, 6.45) is 9.98. The molecular weight excluding hydrogens is 516 g/mol. The van der Waals surface area contributed by atoms with E-state index in [0.29, 0.717) is 31.6 Å². The Morgan fingerprint density at radius 1 is 1.27 bits per heavy atom. The number of hydrogen-bond acceptors (Lipinski definition) is 8. The summed E-state index contributed by atoms with van der Waals surface area (Å²) in [4.78, 5) is 19.1. The maximum absolute atomic E-state index is 12.4. The predicted molar refractivity (Wildman–Crippen MR) is 161 cm³/mol. The number of carbonyl (C=O) groups is 1. The molecule has 8 nitrogen and oxygen atoms in total. The number of allylic oxidation sites excluding steroid dienone is 1. The van der Waals surface area contributed by atoms with Crippen LogP contribution in [-0.4, -0.2) is 53.0 Å². The Morgan fingerprint density at radius 2 is 2.15 bits per heavy atom. The molecule has 5 N–H and O–H groups in total. The topological polar surface area (TPSA) is 120 Å². The lowest BCUT2D eigenvalue weighted by Gasteiger charge is -2.26. The first-order valence-electron chi connectivity index (χ1n) is 14.9. The number of phenolic OH excluding ortho intramolecular Hbond substituents is 1. The number of benzene rings is 2. The van der Waals surface area contributed by atoms with Gasteiger partial charge in [-0.2, -0.15) is 0 Å². The van der Waals surface area contributed by atoms with Crippen molar-refractivity contribution in [2.75, 3.05) is 19.8 Å². The molecule has 0 amide bonds. The molecule has 0 radical (unpaired) electrons. The smallest absolute Gasteiger partial charge is 0.163 e. The minimum Gasteiger partial charge on any atom is -0.504 e. The van der Waals surface area contributed by atoms with E-state index in [1.54, 1.807) is 12.1 Å². The zero-order valence-electron chi connectivity index (χ0n) is 23.9. The van der Waals surface area contributed by atoms with Gasteiger partial charge < -0.3 is 25.6 Å². The molecule has 0 bridgehead atoms. The number of fused-ring (bicyclic) bond motifs is 2. The first-order valence-corrected chi connectivity index (χ1v) is 14.9. The summed E-state index contributed by atoms with van der Waals surface area (Å²) >= 11 is 0. The zero-order valence-corrected chi connectivity index (χ0v) is 23.9. The highest BCUT2D eigenvalue weighted by Gasteiger charge is 2.26. The third kappa shape index (κ3) is 7.25. The van der Waals surface area contributed by atoms with Gasteiger partial charge in [0.15, 0.2) is 18.2 Å². The highest BCUT2D eigenvalue weighted by molar-refractivity contribution is 5.87. The second kappa shape index (κ2) is 13.5. The summed E-state index contributed by atoms with van der Waals surface area (Å²) in [5.41, 5.74) is 14.4. The number of nitrogens with zero attached hydrogens (tertiary/aromatic N) is 2. The van der Waals surface area contributed by atoms with Gasteiger partial charge in [-0.05, 0) is 65.6 Å². The summed E-state index contributed by atoms with van der Waals surface area (Å²) in [7, 11) is 0. The molecule has 2 aromatic rings. The number of aliphatic imine (C=N–C) groups is 1. The van der Waals surface area contributed by atoms with Gasteiger partial charge in [0.2, 0.25) is 0 Å². The number of nitrogens with one attached hydrogen (secondary N) is 1. The van der Waals surface area contributed by atoms with Gasteiger partial charge in [-0.1, -0.05) is 50.5 Å². The number of aromatic hydroxyl groups is 1. The van der Waals surface area contributed by atoms with Crippen LogP contribution in [0.2, 0.25) is 0 Å². The van der Waals surface area contributed by atoms with Crippen molar-refractivity contribution >= 4 is 12.0 Å². The van der Waals surface area contributed by atoms with Crippen molar-refractivity contribution in [2.45, 2.75) is 77.0 Å². The number of ether oxygens (including phenoxy) is 1. The number of Topliss-reactive ketones (excluding diaryl/α,β-unsaturated/α-hetero) is 1. The SMILES string of the molecule is CCCCCC(O)CC(=O)CCc1ccc(O)c(OCN2C=C3N=CC(Cc4cccc5c4CCNC5N)=C3C2)c1. The van der Waals surface area contributed by atoms with E-state index in [0.717, 1.165) is 49.9 Å². The van der Waals surface area contributed by atoms with Gasteiger partial charge in [-0.25, -0.2) is 0 Å². The Hall–Kier alpha value is -3.46. The monoisotopic (exact) mass is 558 g/mol. The van der Waals surface area contributed by atoms with E-state index in [2.05, 4.69) is 40.3 Å². The third-order valence-electron chi connectivity index (χ3n) is 8.19. The van der Waals surface area contributed by atoms with Crippen LogP contribution < -0.4 is 15.8 Å². The molecule has 5 rings (SSSR count). The van der Waals surface area contributed by atoms with Gasteiger partial charge in [0.1, 0.15) is 5.78 Å². The largest absolute Gasteiger partial charge is 0.504 e. The molecule has 218 valence electrons. The molecule has 0 saturated heterocycles. The normalized spacial score (nSPS) is 18.4. The second-order valence-corrected chi connectivity index (χ2v) is 11.3. The van der Waals surface area contributed by atoms with E-state index in [9.17, 15) is 15.0 Å². The molecule has 0 saturated carbocycles. The van der Waals surface area contributed by atoms with Crippen LogP contribution in [0.15, 0.2) is 64.4 Å². The number of aliphatic hydroxyl groups excluding tert-OH is 1. The Balaban J connectivity index is 1.14. The van der Waals surface area contributed by atoms with Gasteiger partial charge in [0.25, 0.3) is 0 Å². The highest BCUT2D eigenvalue weighted by Crippen LogP contribution is 2.33. The van der Waals surface area contributed by atoms with Crippen LogP contribution in [0.4, 0.5) is 0 Å². The summed E-state index contributed by atoms with van der Waals surface area (Å²) in [6, 6.07) is 11.6. The Labute approximate surface area is 242 Å². The van der Waals surface area contributed by atoms with Crippen LogP contribution in [0.5, 0.6) is 11.5 Å². The number of rotatable bonds is 14. The number of aliphatic hydroxyl groups is 1. The van der Waals surface area contributed by atoms with Gasteiger partial charge in [0.05, 0.1) is 18.0 Å². The van der Waals surface area contributed by atoms with Crippen LogP contribution in [-0.2, 0) is 24.1 Å². The summed E-state index contributed by atoms with van der Waals surface area (Å²) < 4.78 is 6.00. The quantitative estimate of drug-likeness (QED) is 0.253. The highest BCUT2D eigenvalue weighted by atomic mass is 16.5. The van der Waals surface area contributed by atoms with E-state index in [1.165, 1.54) is 27.8 Å². The number of phenols is 1. The molecule has 3 heterocycles. The fourth-order valence-corrected chi connectivity index (χ4v) is 5.87. The fourth-order valence-electron chi connectivity index (χ4n) is 5.87. The predicted octanol–water partition coefficient (Wildman–Crippen LogP) is 4.45. The van der Waals surface area contributed by atoms with Crippen molar-refractivity contribution in [3.05, 3.63) is 81.7 Å². The molecule has 3 aliphatic heterocycles. The minimum atomic E-state index is -0.560. The van der Waals surface area contributed by atoms with Crippen LogP contribution in [0, 0.1) is 0 Å². The maximum atomic E-state index is 12.4. The first-order chi connectivity index (χ1) is 19.9. The van der Waals surface area contributed by atoms with E-state index in [-0.39, 0.29) is 30.9 Å². The van der Waals surface area contributed by atoms with Crippen LogP contribution in [0.1, 0.15) is 73.9 Å². The number of ketones is 1. The van der Waals surface area contributed by atoms with Gasteiger partial charge in [0, 0.05) is 43.9 Å². The van der Waals surface area contributed by atoms with Crippen molar-refractivity contribution in [3.63, 3.8) is 0 Å². The van der Waals surface area contributed by atoms with Crippen LogP contribution in [0.3, 0.4) is 0 Å². The van der Waals surface area contributed by atoms with E-state index in [1.807, 2.05) is 18.5 Å². The molecule has 8 heteroatoms. The zero-order chi connectivity index (χ0) is 28.8. The molecule has 2 atom stereocenters. The molecule has 2 unspecified atom stereocenters. The van der Waals surface area contributed by atoms with E-state index < -0.39 is 6.10 Å². The van der Waals surface area contributed by atoms with E-state index in [4.69, 9.17) is 10.5 Å². The second-order valence-electron chi connectivity index (χ2n) is 11.3. The average molecular weight is 559 g/mol. The van der Waals surface area contributed by atoms with Gasteiger partial charge in [-0.3, -0.25) is 15.1 Å². The molecule has 41 heavy (non-hydrogen) atoms. The number of aryl methyl sites for hydroxylation is 1. The first kappa shape index (κ1) is 29.0. The van der Waals surface area contributed by atoms with Crippen molar-refractivity contribution in [3.8, 4) is 11.5 Å². The van der Waals surface area contributed by atoms with Gasteiger partial charge in [-0.15, -0.1) is 0 Å². The van der Waals surface area contributed by atoms with Crippen LogP contribution >= 0.6 is 0 Å². The third-order valence-corrected chi connectivity index (χ3v) is 8.19. The summed E-state index contributed by atoms with van der Waals surface area (Å²) in [5.74, 6) is 0.515. The molecule has 0 spiro atoms. The Kier molecular flexibility index (Phi) is 9.54. The lowest BCUT2D eigenvalue weighted by Crippen LogP contribution is -2.35. The lowest BCUT2D eigenvalue weighted by atomic mass is 9.90. The lowest BCUT2D eigenvalue weighted by molar-refractivity contribution is -0.121. The van der Waals surface area contributed by atoms with E-state index >= 15 is 0 Å². The minimum absolute atomic E-state index is 0.0555. The Morgan fingerprint density at radius 3 is 3.00 bits per heavy atom. The number of carbonyl (C=O) groups excluding carboxylic acids is 1. The molecule has 3 aliphatic rings. The molecule has 2 aromatic carbocycles. The molecule has 0 fully saturated rings. The molecule has 0 aliphatic carbocycles. The summed E-state index contributed by atoms with van der Waals surface area (Å²) in [5, 5.41) is 23.8. The molecular formula is C33H42N4O4. The summed E-state index contributed by atoms with van der Waals surface area (Å²) in [6.45, 7) is 3.97. The fraction of sp³-hybridized carbons (Fsp3) is 0.455.